The van der Waals surface area contributed by atoms with E-state index in [1.54, 1.807) is 0 Å². The quantitative estimate of drug-likeness (QED) is 0.840. The highest BCUT2D eigenvalue weighted by molar-refractivity contribution is 5.85. The summed E-state index contributed by atoms with van der Waals surface area (Å²) in [6.07, 6.45) is 13.0. The second kappa shape index (κ2) is 7.33. The summed E-state index contributed by atoms with van der Waals surface area (Å²) >= 11 is 0. The van der Waals surface area contributed by atoms with Crippen molar-refractivity contribution >= 4 is 24.8 Å². The van der Waals surface area contributed by atoms with Gasteiger partial charge in [0.15, 0.2) is 0 Å². The average molecular weight is 295 g/mol. The molecule has 2 nitrogen and oxygen atoms in total. The summed E-state index contributed by atoms with van der Waals surface area (Å²) in [6, 6.07) is 3.46. The average Bonchev–Trinajstić information content (AvgIpc) is 2.54. The van der Waals surface area contributed by atoms with Gasteiger partial charge in [0.05, 0.1) is 0 Å². The number of hydrogen-bond acceptors (Lipinski definition) is 2. The Balaban J connectivity index is 0.000000810. The highest BCUT2D eigenvalue weighted by Gasteiger charge is 2.38. The number of nitrogens with zero attached hydrogens (tertiary/aromatic N) is 1. The van der Waals surface area contributed by atoms with Gasteiger partial charge in [0.2, 0.25) is 0 Å². The monoisotopic (exact) mass is 294 g/mol. The lowest BCUT2D eigenvalue weighted by Crippen LogP contribution is -2.50. The predicted molar refractivity (Wildman–Crippen MR) is 82.1 cm³/mol. The lowest BCUT2D eigenvalue weighted by molar-refractivity contribution is 0.139. The maximum Gasteiger partial charge on any atom is 0.0111 e. The predicted octanol–water partition coefficient (Wildman–Crippen LogP) is 3.38. The first-order chi connectivity index (χ1) is 7.83. The molecule has 1 N–H and O–H groups in total. The second-order valence-electron chi connectivity index (χ2n) is 6.22. The Morgan fingerprint density at radius 3 is 1.89 bits per heavy atom. The fourth-order valence-corrected chi connectivity index (χ4v) is 4.15. The van der Waals surface area contributed by atoms with Gasteiger partial charge >= 0.3 is 0 Å². The van der Waals surface area contributed by atoms with Gasteiger partial charge in [0.25, 0.3) is 0 Å². The zero-order valence-corrected chi connectivity index (χ0v) is 13.1. The molecule has 0 amide bonds. The molecule has 18 heavy (non-hydrogen) atoms. The summed E-state index contributed by atoms with van der Waals surface area (Å²) < 4.78 is 0. The highest BCUT2D eigenvalue weighted by atomic mass is 35.5. The van der Waals surface area contributed by atoms with Gasteiger partial charge in [-0.3, -0.25) is 0 Å². The van der Waals surface area contributed by atoms with E-state index in [1.165, 1.54) is 57.8 Å². The van der Waals surface area contributed by atoms with Crippen molar-refractivity contribution < 1.29 is 0 Å². The van der Waals surface area contributed by atoms with E-state index in [4.69, 9.17) is 0 Å². The standard InChI is InChI=1S/C14H26N2.2ClH/c1-16-13-7-8-14(16)10-12(9-13)15-11-5-3-2-4-6-11;;/h11-15H,2-10H2,1H3;2*1H. The molecular formula is C14H28Cl2N2. The molecule has 0 aromatic rings. The van der Waals surface area contributed by atoms with E-state index in [-0.39, 0.29) is 24.8 Å². The minimum Gasteiger partial charge on any atom is -0.311 e. The van der Waals surface area contributed by atoms with Crippen LogP contribution in [0.4, 0.5) is 0 Å². The number of halogens is 2. The van der Waals surface area contributed by atoms with Crippen molar-refractivity contribution in [2.24, 2.45) is 0 Å². The van der Waals surface area contributed by atoms with Gasteiger partial charge in [-0.05, 0) is 45.6 Å². The van der Waals surface area contributed by atoms with Crippen LogP contribution in [-0.2, 0) is 0 Å². The fraction of sp³-hybridized carbons (Fsp3) is 1.00. The maximum atomic E-state index is 3.95. The van der Waals surface area contributed by atoms with Crippen molar-refractivity contribution in [3.8, 4) is 0 Å². The van der Waals surface area contributed by atoms with Gasteiger partial charge in [-0.2, -0.15) is 0 Å². The number of nitrogens with one attached hydrogen (secondary N) is 1. The van der Waals surface area contributed by atoms with Crippen LogP contribution in [0.5, 0.6) is 0 Å². The van der Waals surface area contributed by atoms with Gasteiger partial charge in [-0.15, -0.1) is 24.8 Å². The molecule has 2 aliphatic heterocycles. The summed E-state index contributed by atoms with van der Waals surface area (Å²) in [5.74, 6) is 0. The van der Waals surface area contributed by atoms with E-state index in [9.17, 15) is 0 Å². The molecule has 2 atom stereocenters. The molecule has 2 unspecified atom stereocenters. The Labute approximate surface area is 124 Å². The number of rotatable bonds is 2. The van der Waals surface area contributed by atoms with Crippen molar-refractivity contribution in [2.75, 3.05) is 7.05 Å². The van der Waals surface area contributed by atoms with Crippen LogP contribution < -0.4 is 5.32 Å². The van der Waals surface area contributed by atoms with Crippen LogP contribution >= 0.6 is 24.8 Å². The Morgan fingerprint density at radius 1 is 0.778 bits per heavy atom. The summed E-state index contributed by atoms with van der Waals surface area (Å²) in [5.41, 5.74) is 0. The molecule has 3 fully saturated rings. The van der Waals surface area contributed by atoms with Gasteiger partial charge in [0.1, 0.15) is 0 Å². The van der Waals surface area contributed by atoms with Crippen LogP contribution in [0.1, 0.15) is 57.8 Å². The summed E-state index contributed by atoms with van der Waals surface area (Å²) in [5, 5.41) is 3.95. The summed E-state index contributed by atoms with van der Waals surface area (Å²) in [4.78, 5) is 2.64. The fourth-order valence-electron chi connectivity index (χ4n) is 4.15. The molecule has 2 heterocycles. The Bertz CT molecular complexity index is 230. The first-order valence-corrected chi connectivity index (χ1v) is 7.31. The Kier molecular flexibility index (Phi) is 6.74. The van der Waals surface area contributed by atoms with Crippen molar-refractivity contribution in [3.63, 3.8) is 0 Å². The minimum absolute atomic E-state index is 0. The smallest absolute Gasteiger partial charge is 0.0111 e. The largest absolute Gasteiger partial charge is 0.311 e. The van der Waals surface area contributed by atoms with Gasteiger partial charge < -0.3 is 10.2 Å². The maximum absolute atomic E-state index is 3.95. The Morgan fingerprint density at radius 2 is 1.33 bits per heavy atom. The number of fused-ring (bicyclic) bond motifs is 2. The first kappa shape index (κ1) is 16.6. The third-order valence-corrected chi connectivity index (χ3v) is 5.17. The van der Waals surface area contributed by atoms with E-state index >= 15 is 0 Å². The van der Waals surface area contributed by atoms with Crippen LogP contribution in [0.25, 0.3) is 0 Å². The number of piperidine rings is 1. The van der Waals surface area contributed by atoms with Crippen molar-refractivity contribution in [1.29, 1.82) is 0 Å². The van der Waals surface area contributed by atoms with Crippen molar-refractivity contribution in [2.45, 2.75) is 82.0 Å². The molecule has 3 rings (SSSR count). The van der Waals surface area contributed by atoms with Gasteiger partial charge in [-0.1, -0.05) is 19.3 Å². The molecule has 0 aromatic heterocycles. The molecule has 0 radical (unpaired) electrons. The van der Waals surface area contributed by atoms with E-state index < -0.39 is 0 Å². The van der Waals surface area contributed by atoms with Crippen molar-refractivity contribution in [1.82, 2.24) is 10.2 Å². The SMILES string of the molecule is CN1C2CCC1CC(NC1CCCCC1)C2.Cl.Cl. The van der Waals surface area contributed by atoms with Crippen LogP contribution in [0.2, 0.25) is 0 Å². The van der Waals surface area contributed by atoms with Crippen LogP contribution in [-0.4, -0.2) is 36.1 Å². The van der Waals surface area contributed by atoms with E-state index in [2.05, 4.69) is 17.3 Å². The lowest BCUT2D eigenvalue weighted by atomic mass is 9.92. The lowest BCUT2D eigenvalue weighted by Gasteiger charge is -2.39. The van der Waals surface area contributed by atoms with Crippen LogP contribution in [0.15, 0.2) is 0 Å². The molecule has 2 bridgehead atoms. The Hall–Kier alpha value is 0.500. The highest BCUT2D eigenvalue weighted by Crippen LogP contribution is 2.34. The number of hydrogen-bond donors (Lipinski definition) is 1. The third-order valence-electron chi connectivity index (χ3n) is 5.17. The van der Waals surface area contributed by atoms with Gasteiger partial charge in [0, 0.05) is 24.2 Å². The second-order valence-corrected chi connectivity index (χ2v) is 6.22. The van der Waals surface area contributed by atoms with Gasteiger partial charge in [-0.25, -0.2) is 0 Å². The molecule has 1 aliphatic carbocycles. The molecule has 0 spiro atoms. The first-order valence-electron chi connectivity index (χ1n) is 7.31. The summed E-state index contributed by atoms with van der Waals surface area (Å²) in [6.45, 7) is 0. The molecule has 4 heteroatoms. The molecule has 0 aromatic carbocycles. The zero-order chi connectivity index (χ0) is 11.0. The van der Waals surface area contributed by atoms with E-state index in [0.29, 0.717) is 0 Å². The third kappa shape index (κ3) is 3.53. The van der Waals surface area contributed by atoms with E-state index in [0.717, 1.165) is 24.2 Å². The molecule has 2 saturated heterocycles. The minimum atomic E-state index is 0. The molecular weight excluding hydrogens is 267 g/mol. The molecule has 108 valence electrons. The van der Waals surface area contributed by atoms with E-state index in [1.807, 2.05) is 0 Å². The normalized spacial score (nSPS) is 36.8. The van der Waals surface area contributed by atoms with Crippen molar-refractivity contribution in [3.05, 3.63) is 0 Å². The van der Waals surface area contributed by atoms with Crippen LogP contribution in [0.3, 0.4) is 0 Å². The topological polar surface area (TPSA) is 15.3 Å². The molecule has 3 aliphatic rings. The summed E-state index contributed by atoms with van der Waals surface area (Å²) in [7, 11) is 2.33. The zero-order valence-electron chi connectivity index (χ0n) is 11.4. The molecule has 1 saturated carbocycles. The van der Waals surface area contributed by atoms with Crippen LogP contribution in [0, 0.1) is 0 Å².